The number of nitrogens with one attached hydrogen (secondary N) is 1. The predicted octanol–water partition coefficient (Wildman–Crippen LogP) is 2.59. The van der Waals surface area contributed by atoms with Crippen LogP contribution in [0, 0.1) is 17.7 Å². The van der Waals surface area contributed by atoms with E-state index in [-0.39, 0.29) is 29.2 Å². The molecule has 4 rings (SSSR count). The lowest BCUT2D eigenvalue weighted by Gasteiger charge is -2.38. The molecule has 0 radical (unpaired) electrons. The molecule has 1 atom stereocenters. The van der Waals surface area contributed by atoms with Gasteiger partial charge in [-0.2, -0.15) is 0 Å². The molecule has 1 unspecified atom stereocenters. The molecule has 6 nitrogen and oxygen atoms in total. The summed E-state index contributed by atoms with van der Waals surface area (Å²) in [6, 6.07) is 5.15. The third kappa shape index (κ3) is 4.65. The number of halogens is 1. The average Bonchev–Trinajstić information content (AvgIpc) is 3.63. The van der Waals surface area contributed by atoms with E-state index >= 15 is 0 Å². The summed E-state index contributed by atoms with van der Waals surface area (Å²) < 4.78 is 14.1. The predicted molar refractivity (Wildman–Crippen MR) is 110 cm³/mol. The van der Waals surface area contributed by atoms with Crippen LogP contribution in [-0.4, -0.2) is 59.7 Å². The van der Waals surface area contributed by atoms with Crippen molar-refractivity contribution in [2.45, 2.75) is 51.0 Å². The summed E-state index contributed by atoms with van der Waals surface area (Å²) in [6.07, 6.45) is 6.33. The first-order chi connectivity index (χ1) is 14.5. The Morgan fingerprint density at radius 1 is 0.900 bits per heavy atom. The molecule has 2 saturated heterocycles. The highest BCUT2D eigenvalue weighted by Crippen LogP contribution is 2.33. The van der Waals surface area contributed by atoms with Gasteiger partial charge in [-0.05, 0) is 63.0 Å². The van der Waals surface area contributed by atoms with Gasteiger partial charge in [0.1, 0.15) is 11.9 Å². The van der Waals surface area contributed by atoms with Gasteiger partial charge in [0, 0.05) is 32.1 Å². The van der Waals surface area contributed by atoms with Crippen LogP contribution in [0.3, 0.4) is 0 Å². The molecule has 0 spiro atoms. The van der Waals surface area contributed by atoms with Crippen molar-refractivity contribution in [2.75, 3.05) is 26.2 Å². The van der Waals surface area contributed by atoms with Gasteiger partial charge in [-0.1, -0.05) is 12.1 Å². The third-order valence-electron chi connectivity index (χ3n) is 6.59. The van der Waals surface area contributed by atoms with Crippen molar-refractivity contribution in [2.24, 2.45) is 11.8 Å². The minimum absolute atomic E-state index is 0.0460. The van der Waals surface area contributed by atoms with Gasteiger partial charge in [-0.15, -0.1) is 0 Å². The summed E-state index contributed by atoms with van der Waals surface area (Å²) in [4.78, 5) is 42.2. The molecule has 162 valence electrons. The van der Waals surface area contributed by atoms with Crippen LogP contribution >= 0.6 is 0 Å². The highest BCUT2D eigenvalue weighted by atomic mass is 19.1. The molecule has 2 heterocycles. The second-order valence-corrected chi connectivity index (χ2v) is 8.75. The standard InChI is InChI=1S/C23H30FN3O3/c24-19-7-3-2-6-18(19)21(28)25-20(23(30)26-12-4-1-5-13-26)16-10-14-27(15-11-16)22(29)17-8-9-17/h2-3,6-7,16-17,20H,1,4-5,8-15H2,(H,25,28). The van der Waals surface area contributed by atoms with Crippen LogP contribution in [0.15, 0.2) is 24.3 Å². The Morgan fingerprint density at radius 2 is 1.57 bits per heavy atom. The van der Waals surface area contributed by atoms with Crippen LogP contribution < -0.4 is 5.32 Å². The van der Waals surface area contributed by atoms with Crippen molar-refractivity contribution in [3.05, 3.63) is 35.6 Å². The maximum Gasteiger partial charge on any atom is 0.254 e. The molecule has 1 saturated carbocycles. The van der Waals surface area contributed by atoms with E-state index in [4.69, 9.17) is 0 Å². The van der Waals surface area contributed by atoms with Gasteiger partial charge in [0.05, 0.1) is 5.56 Å². The van der Waals surface area contributed by atoms with Crippen molar-refractivity contribution in [1.82, 2.24) is 15.1 Å². The van der Waals surface area contributed by atoms with Crippen molar-refractivity contribution < 1.29 is 18.8 Å². The normalized spacial score (nSPS) is 21.2. The number of hydrogen-bond acceptors (Lipinski definition) is 3. The zero-order valence-electron chi connectivity index (χ0n) is 17.3. The van der Waals surface area contributed by atoms with Crippen LogP contribution in [-0.2, 0) is 9.59 Å². The number of piperidine rings is 2. The van der Waals surface area contributed by atoms with Crippen LogP contribution in [0.1, 0.15) is 55.3 Å². The zero-order valence-corrected chi connectivity index (χ0v) is 17.3. The number of rotatable bonds is 5. The molecule has 3 aliphatic rings. The Labute approximate surface area is 176 Å². The average molecular weight is 416 g/mol. The lowest BCUT2D eigenvalue weighted by atomic mass is 9.87. The summed E-state index contributed by atoms with van der Waals surface area (Å²) in [5.74, 6) is -0.871. The largest absolute Gasteiger partial charge is 0.342 e. The van der Waals surface area contributed by atoms with E-state index in [0.717, 1.165) is 32.1 Å². The Hall–Kier alpha value is -2.44. The SMILES string of the molecule is O=C(NC(C(=O)N1CCCCC1)C1CCN(C(=O)C2CC2)CC1)c1ccccc1F. The molecule has 3 fully saturated rings. The highest BCUT2D eigenvalue weighted by Gasteiger charge is 2.39. The van der Waals surface area contributed by atoms with E-state index in [1.807, 2.05) is 9.80 Å². The molecule has 2 aliphatic heterocycles. The monoisotopic (exact) mass is 415 g/mol. The lowest BCUT2D eigenvalue weighted by molar-refractivity contribution is -0.137. The van der Waals surface area contributed by atoms with Crippen LogP contribution in [0.2, 0.25) is 0 Å². The molecule has 30 heavy (non-hydrogen) atoms. The van der Waals surface area contributed by atoms with Gasteiger partial charge in [-0.3, -0.25) is 14.4 Å². The third-order valence-corrected chi connectivity index (χ3v) is 6.59. The van der Waals surface area contributed by atoms with Gasteiger partial charge in [0.2, 0.25) is 11.8 Å². The Kier molecular flexibility index (Phi) is 6.35. The smallest absolute Gasteiger partial charge is 0.254 e. The maximum absolute atomic E-state index is 14.1. The summed E-state index contributed by atoms with van der Waals surface area (Å²) in [6.45, 7) is 2.62. The molecule has 1 N–H and O–H groups in total. The highest BCUT2D eigenvalue weighted by molar-refractivity contribution is 5.97. The van der Waals surface area contributed by atoms with E-state index in [1.165, 1.54) is 18.2 Å². The van der Waals surface area contributed by atoms with Gasteiger partial charge < -0.3 is 15.1 Å². The first-order valence-corrected chi connectivity index (χ1v) is 11.2. The number of carbonyl (C=O) groups excluding carboxylic acids is 3. The Balaban J connectivity index is 1.47. The van der Waals surface area contributed by atoms with E-state index in [0.29, 0.717) is 39.0 Å². The summed E-state index contributed by atoms with van der Waals surface area (Å²) in [5.41, 5.74) is -0.0460. The summed E-state index contributed by atoms with van der Waals surface area (Å²) in [5, 5.41) is 2.85. The number of hydrogen-bond donors (Lipinski definition) is 1. The topological polar surface area (TPSA) is 69.7 Å². The molecular formula is C23H30FN3O3. The molecule has 0 aromatic heterocycles. The Bertz CT molecular complexity index is 797. The minimum Gasteiger partial charge on any atom is -0.342 e. The van der Waals surface area contributed by atoms with E-state index in [9.17, 15) is 18.8 Å². The van der Waals surface area contributed by atoms with Crippen LogP contribution in [0.25, 0.3) is 0 Å². The quantitative estimate of drug-likeness (QED) is 0.804. The second-order valence-electron chi connectivity index (χ2n) is 8.75. The second kappa shape index (κ2) is 9.14. The van der Waals surface area contributed by atoms with Crippen molar-refractivity contribution >= 4 is 17.7 Å². The lowest BCUT2D eigenvalue weighted by Crippen LogP contribution is -2.55. The zero-order chi connectivity index (χ0) is 21.1. The van der Waals surface area contributed by atoms with Crippen molar-refractivity contribution in [3.63, 3.8) is 0 Å². The molecule has 1 aromatic carbocycles. The first-order valence-electron chi connectivity index (χ1n) is 11.2. The number of carbonyl (C=O) groups is 3. The van der Waals surface area contributed by atoms with Gasteiger partial charge >= 0.3 is 0 Å². The van der Waals surface area contributed by atoms with E-state index < -0.39 is 17.8 Å². The van der Waals surface area contributed by atoms with E-state index in [2.05, 4.69) is 5.32 Å². The molecule has 1 aliphatic carbocycles. The molecular weight excluding hydrogens is 385 g/mol. The van der Waals surface area contributed by atoms with Gasteiger partial charge in [-0.25, -0.2) is 4.39 Å². The molecule has 3 amide bonds. The molecule has 7 heteroatoms. The Morgan fingerprint density at radius 3 is 2.20 bits per heavy atom. The maximum atomic E-state index is 14.1. The number of amides is 3. The fourth-order valence-electron chi connectivity index (χ4n) is 4.60. The van der Waals surface area contributed by atoms with Gasteiger partial charge in [0.25, 0.3) is 5.91 Å². The summed E-state index contributed by atoms with van der Waals surface area (Å²) >= 11 is 0. The number of likely N-dealkylation sites (tertiary alicyclic amines) is 2. The summed E-state index contributed by atoms with van der Waals surface area (Å²) in [7, 11) is 0. The van der Waals surface area contributed by atoms with Gasteiger partial charge in [0.15, 0.2) is 0 Å². The van der Waals surface area contributed by atoms with Crippen molar-refractivity contribution in [3.8, 4) is 0 Å². The molecule has 0 bridgehead atoms. The number of benzene rings is 1. The van der Waals surface area contributed by atoms with Crippen LogP contribution in [0.4, 0.5) is 4.39 Å². The fraction of sp³-hybridized carbons (Fsp3) is 0.609. The molecule has 1 aromatic rings. The minimum atomic E-state index is -0.687. The van der Waals surface area contributed by atoms with Crippen LogP contribution in [0.5, 0.6) is 0 Å². The van der Waals surface area contributed by atoms with E-state index in [1.54, 1.807) is 6.07 Å². The van der Waals surface area contributed by atoms with Crippen molar-refractivity contribution in [1.29, 1.82) is 0 Å². The number of nitrogens with zero attached hydrogens (tertiary/aromatic N) is 2. The fourth-order valence-corrected chi connectivity index (χ4v) is 4.60. The first kappa shape index (κ1) is 20.8.